The van der Waals surface area contributed by atoms with Gasteiger partial charge in [0.1, 0.15) is 13.2 Å². The minimum Gasteiger partial charge on any atom is -0.485 e. The molecule has 26 atom stereocenters. The van der Waals surface area contributed by atoms with E-state index in [0.29, 0.717) is 30.6 Å². The summed E-state index contributed by atoms with van der Waals surface area (Å²) in [4.78, 5) is 2.94. The zero-order valence-corrected chi connectivity index (χ0v) is 37.7. The van der Waals surface area contributed by atoms with Crippen LogP contribution < -0.4 is 9.47 Å². The molecule has 12 fully saturated rings. The van der Waals surface area contributed by atoms with Crippen LogP contribution in [0.1, 0.15) is 61.3 Å². The van der Waals surface area contributed by atoms with Crippen molar-refractivity contribution in [1.29, 1.82) is 0 Å². The summed E-state index contributed by atoms with van der Waals surface area (Å²) in [5, 5.41) is 0. The fraction of sp³-hybridized carbons (Fsp3) is 0.581. The lowest BCUT2D eigenvalue weighted by atomic mass is 9.41. The molecule has 0 aromatic heterocycles. The SMILES string of the molecule is CN1CC2C3=C4C5C6=C(C3)CC3CC7=CC8CC9=CC%10CC%11CC2(C2C4C4C5C5C(C63)C7C3C8C9C6C%10C(C4C6C35)C%112)C1c1ccc(OCc2ccccc2)c(OCc2ccccc2)c1. The number of allylic oxidation sites excluding steroid dienone is 7. The number of ether oxygens (including phenoxy) is 2. The standard InChI is InChI=1S/C62H61NO2/c1-63-23-37-36-20-34-18-31-16-32-15-29-14-30-17-33-19-35-22-62(37,61(63)28-12-13-38(64-24-26-8-4-2-5-9-26)39(21-28)65-25-27-10-6-3-7-11-27)60-46(35)51-45(33)50-41(30)40(29)48-44(32)49-42(31)43(34)52-47(36)59(60)58-56(51)54(50)53(48)55(49)57(52)58/h2-13,15,17,21,29,31,33,35,37,40-42,44-46,48-61H,14,16,18-20,22-25H2,1H3. The molecule has 1 saturated heterocycles. The van der Waals surface area contributed by atoms with E-state index in [-0.39, 0.29) is 0 Å². The highest BCUT2D eigenvalue weighted by Crippen LogP contribution is 2.92. The summed E-state index contributed by atoms with van der Waals surface area (Å²) in [5.74, 6) is 24.8. The molecule has 0 radical (unpaired) electrons. The Labute approximate surface area is 384 Å². The minimum absolute atomic E-state index is 0.304. The molecule has 16 aliphatic carbocycles. The first kappa shape index (κ1) is 34.5. The summed E-state index contributed by atoms with van der Waals surface area (Å²) < 4.78 is 13.7. The van der Waals surface area contributed by atoms with E-state index < -0.39 is 0 Å². The maximum atomic E-state index is 6.96. The summed E-state index contributed by atoms with van der Waals surface area (Å²) in [6.45, 7) is 2.37. The molecule has 20 rings (SSSR count). The normalized spacial score (nSPS) is 55.4. The van der Waals surface area contributed by atoms with Gasteiger partial charge >= 0.3 is 0 Å². The van der Waals surface area contributed by atoms with E-state index in [9.17, 15) is 0 Å². The van der Waals surface area contributed by atoms with Gasteiger partial charge in [-0.2, -0.15) is 0 Å². The summed E-state index contributed by atoms with van der Waals surface area (Å²) >= 11 is 0. The van der Waals surface area contributed by atoms with Crippen molar-refractivity contribution in [2.24, 2.45) is 147 Å². The first-order valence-corrected chi connectivity index (χ1v) is 27.2. The van der Waals surface area contributed by atoms with Crippen molar-refractivity contribution in [2.45, 2.75) is 57.8 Å². The maximum absolute atomic E-state index is 6.96. The van der Waals surface area contributed by atoms with Crippen molar-refractivity contribution in [1.82, 2.24) is 4.90 Å². The Morgan fingerprint density at radius 1 is 0.585 bits per heavy atom. The van der Waals surface area contributed by atoms with E-state index in [1.54, 1.807) is 0 Å². The molecule has 1 aliphatic heterocycles. The molecular weight excluding hydrogens is 791 g/mol. The van der Waals surface area contributed by atoms with Gasteiger partial charge in [0.2, 0.25) is 0 Å². The van der Waals surface area contributed by atoms with Crippen LogP contribution in [0.4, 0.5) is 0 Å². The molecule has 0 amide bonds. The average Bonchev–Trinajstić information content (AvgIpc) is 4.19. The third-order valence-electron chi connectivity index (χ3n) is 25.8. The van der Waals surface area contributed by atoms with Crippen LogP contribution >= 0.6 is 0 Å². The zero-order valence-electron chi connectivity index (χ0n) is 37.7. The fourth-order valence-corrected chi connectivity index (χ4v) is 26.2. The number of fused-ring (bicyclic) bond motifs is 1. The summed E-state index contributed by atoms with van der Waals surface area (Å²) in [7, 11) is 2.57. The van der Waals surface area contributed by atoms with Crippen molar-refractivity contribution in [3.8, 4) is 11.5 Å². The third kappa shape index (κ3) is 3.47. The average molecular weight is 852 g/mol. The predicted octanol–water partition coefficient (Wildman–Crippen LogP) is 11.6. The van der Waals surface area contributed by atoms with Crippen molar-refractivity contribution in [3.63, 3.8) is 0 Å². The molecule has 3 aromatic carbocycles. The molecule has 26 unspecified atom stereocenters. The lowest BCUT2D eigenvalue weighted by Gasteiger charge is -2.62. The van der Waals surface area contributed by atoms with E-state index in [1.807, 2.05) is 11.1 Å². The highest BCUT2D eigenvalue weighted by atomic mass is 16.5. The zero-order chi connectivity index (χ0) is 41.2. The molecule has 11 saturated carbocycles. The second-order valence-electron chi connectivity index (χ2n) is 26.5. The second kappa shape index (κ2) is 10.9. The van der Waals surface area contributed by atoms with Crippen molar-refractivity contribution >= 4 is 0 Å². The van der Waals surface area contributed by atoms with Crippen LogP contribution in [0.15, 0.2) is 124 Å². The van der Waals surface area contributed by atoms with Crippen LogP contribution in [0, 0.1) is 147 Å². The highest BCUT2D eigenvalue weighted by Gasteiger charge is 2.88. The number of rotatable bonds is 7. The number of hydrogen-bond acceptors (Lipinski definition) is 3. The van der Waals surface area contributed by atoms with E-state index in [0.717, 1.165) is 148 Å². The molecule has 3 aromatic rings. The first-order chi connectivity index (χ1) is 32.1. The van der Waals surface area contributed by atoms with Gasteiger partial charge in [0, 0.05) is 29.8 Å². The van der Waals surface area contributed by atoms with Gasteiger partial charge in [0.15, 0.2) is 11.5 Å². The lowest BCUT2D eigenvalue weighted by Crippen LogP contribution is -2.59. The van der Waals surface area contributed by atoms with Crippen molar-refractivity contribution in [2.75, 3.05) is 13.6 Å². The third-order valence-corrected chi connectivity index (χ3v) is 25.8. The van der Waals surface area contributed by atoms with Crippen LogP contribution in [0.5, 0.6) is 11.5 Å². The quantitative estimate of drug-likeness (QED) is 0.221. The molecule has 65 heavy (non-hydrogen) atoms. The molecule has 1 spiro atoms. The second-order valence-corrected chi connectivity index (χ2v) is 26.5. The molecule has 0 N–H and O–H groups in total. The Bertz CT molecular complexity index is 2890. The van der Waals surface area contributed by atoms with Gasteiger partial charge in [-0.3, -0.25) is 4.90 Å². The van der Waals surface area contributed by atoms with Gasteiger partial charge < -0.3 is 9.47 Å². The van der Waals surface area contributed by atoms with Crippen LogP contribution in [0.25, 0.3) is 0 Å². The van der Waals surface area contributed by atoms with Crippen LogP contribution in [0.2, 0.25) is 0 Å². The fourth-order valence-electron chi connectivity index (χ4n) is 26.2. The molecule has 17 aliphatic rings. The lowest BCUT2D eigenvalue weighted by molar-refractivity contribution is -0.146. The topological polar surface area (TPSA) is 21.7 Å². The maximum Gasteiger partial charge on any atom is 0.162 e. The molecule has 3 nitrogen and oxygen atoms in total. The van der Waals surface area contributed by atoms with Gasteiger partial charge in [-0.15, -0.1) is 0 Å². The number of nitrogens with zero attached hydrogens (tertiary/aromatic N) is 1. The Morgan fingerprint density at radius 3 is 2.09 bits per heavy atom. The largest absolute Gasteiger partial charge is 0.485 e. The van der Waals surface area contributed by atoms with Crippen LogP contribution in [0.3, 0.4) is 0 Å². The minimum atomic E-state index is 0.304. The van der Waals surface area contributed by atoms with Crippen molar-refractivity contribution < 1.29 is 9.47 Å². The summed E-state index contributed by atoms with van der Waals surface area (Å²) in [6.07, 6.45) is 14.9. The van der Waals surface area contributed by atoms with Crippen molar-refractivity contribution in [3.05, 3.63) is 141 Å². The monoisotopic (exact) mass is 851 g/mol. The van der Waals surface area contributed by atoms with Crippen LogP contribution in [-0.2, 0) is 13.2 Å². The molecule has 3 heteroatoms. The first-order valence-electron chi connectivity index (χ1n) is 27.2. The smallest absolute Gasteiger partial charge is 0.162 e. The molecule has 326 valence electrons. The van der Waals surface area contributed by atoms with Gasteiger partial charge in [0.25, 0.3) is 0 Å². The van der Waals surface area contributed by atoms with Gasteiger partial charge in [0.05, 0.1) is 0 Å². The van der Waals surface area contributed by atoms with Gasteiger partial charge in [-0.05, 0) is 205 Å². The number of benzene rings is 3. The number of hydrogen-bond donors (Lipinski definition) is 0. The van der Waals surface area contributed by atoms with E-state index in [1.165, 1.54) is 61.8 Å². The van der Waals surface area contributed by atoms with E-state index in [2.05, 4.69) is 125 Å². The summed E-state index contributed by atoms with van der Waals surface area (Å²) in [6, 6.07) is 29.3. The van der Waals surface area contributed by atoms with Gasteiger partial charge in [-0.1, -0.05) is 112 Å². The Morgan fingerprint density at radius 2 is 1.28 bits per heavy atom. The Balaban J connectivity index is 0.803. The molecule has 0 bridgehead atoms. The Kier molecular flexibility index (Phi) is 5.77. The van der Waals surface area contributed by atoms with E-state index >= 15 is 0 Å². The summed E-state index contributed by atoms with van der Waals surface area (Å²) in [5.41, 5.74) is 16.8. The number of likely N-dealkylation sites (tertiary alicyclic amines) is 1. The highest BCUT2D eigenvalue weighted by molar-refractivity contribution is 5.58. The van der Waals surface area contributed by atoms with Gasteiger partial charge in [-0.25, -0.2) is 0 Å². The van der Waals surface area contributed by atoms with Crippen LogP contribution in [-0.4, -0.2) is 18.5 Å². The predicted molar refractivity (Wildman–Crippen MR) is 247 cm³/mol. The molecule has 1 heterocycles. The van der Waals surface area contributed by atoms with E-state index in [4.69, 9.17) is 9.47 Å². The molecular formula is C62H61NO2. The Hall–Kier alpha value is -3.82.